The lowest BCUT2D eigenvalue weighted by molar-refractivity contribution is 0.403. The van der Waals surface area contributed by atoms with E-state index in [0.717, 1.165) is 41.1 Å². The van der Waals surface area contributed by atoms with Gasteiger partial charge in [-0.1, -0.05) is 12.8 Å². The minimum Gasteiger partial charge on any atom is -0.364 e. The van der Waals surface area contributed by atoms with Gasteiger partial charge in [0, 0.05) is 23.0 Å². The zero-order valence-electron chi connectivity index (χ0n) is 12.1. The summed E-state index contributed by atoms with van der Waals surface area (Å²) in [4.78, 5) is 9.28. The SMILES string of the molecule is NC1CCCCC1Nc1nc(-c2ccsc2)nc2cn[nH]c12. The van der Waals surface area contributed by atoms with Crippen LogP contribution in [-0.2, 0) is 0 Å². The number of anilines is 1. The maximum absolute atomic E-state index is 6.25. The van der Waals surface area contributed by atoms with Crippen molar-refractivity contribution >= 4 is 28.2 Å². The molecule has 2 atom stereocenters. The first kappa shape index (κ1) is 13.7. The maximum atomic E-state index is 6.25. The van der Waals surface area contributed by atoms with Crippen LogP contribution in [0.15, 0.2) is 23.0 Å². The molecule has 6 nitrogen and oxygen atoms in total. The number of aromatic nitrogens is 4. The molecule has 3 aromatic heterocycles. The molecule has 1 aliphatic carbocycles. The zero-order chi connectivity index (χ0) is 14.9. The second-order valence-electron chi connectivity index (χ2n) is 5.74. The van der Waals surface area contributed by atoms with E-state index >= 15 is 0 Å². The van der Waals surface area contributed by atoms with Gasteiger partial charge >= 0.3 is 0 Å². The van der Waals surface area contributed by atoms with E-state index in [-0.39, 0.29) is 12.1 Å². The quantitative estimate of drug-likeness (QED) is 0.691. The first-order chi connectivity index (χ1) is 10.8. The Kier molecular flexibility index (Phi) is 3.51. The fraction of sp³-hybridized carbons (Fsp3) is 0.400. The van der Waals surface area contributed by atoms with Crippen molar-refractivity contribution in [3.8, 4) is 11.4 Å². The summed E-state index contributed by atoms with van der Waals surface area (Å²) in [6, 6.07) is 2.46. The number of nitrogens with two attached hydrogens (primary N) is 1. The van der Waals surface area contributed by atoms with E-state index in [1.54, 1.807) is 17.5 Å². The molecule has 0 radical (unpaired) electrons. The Balaban J connectivity index is 1.73. The van der Waals surface area contributed by atoms with E-state index in [0.29, 0.717) is 0 Å². The molecule has 1 fully saturated rings. The number of H-pyrrole nitrogens is 1. The van der Waals surface area contributed by atoms with Crippen LogP contribution in [0.1, 0.15) is 25.7 Å². The van der Waals surface area contributed by atoms with Crippen LogP contribution in [0.25, 0.3) is 22.4 Å². The minimum absolute atomic E-state index is 0.172. The van der Waals surface area contributed by atoms with Gasteiger partial charge in [-0.25, -0.2) is 9.97 Å². The summed E-state index contributed by atoms with van der Waals surface area (Å²) in [5, 5.41) is 14.7. The van der Waals surface area contributed by atoms with Crippen LogP contribution in [-0.4, -0.2) is 32.2 Å². The van der Waals surface area contributed by atoms with Crippen molar-refractivity contribution in [1.29, 1.82) is 0 Å². The van der Waals surface area contributed by atoms with Crippen LogP contribution in [0.5, 0.6) is 0 Å². The maximum Gasteiger partial charge on any atom is 0.163 e. The van der Waals surface area contributed by atoms with Crippen LogP contribution in [0, 0.1) is 0 Å². The number of nitrogens with one attached hydrogen (secondary N) is 2. The van der Waals surface area contributed by atoms with Crippen LogP contribution in [0.3, 0.4) is 0 Å². The van der Waals surface area contributed by atoms with Crippen LogP contribution >= 0.6 is 11.3 Å². The lowest BCUT2D eigenvalue weighted by Gasteiger charge is -2.29. The molecule has 0 aliphatic heterocycles. The number of nitrogens with zero attached hydrogens (tertiary/aromatic N) is 3. The predicted octanol–water partition coefficient (Wildman–Crippen LogP) is 2.76. The van der Waals surface area contributed by atoms with Crippen molar-refractivity contribution in [2.45, 2.75) is 37.8 Å². The number of hydrogen-bond acceptors (Lipinski definition) is 6. The molecule has 2 unspecified atom stereocenters. The molecule has 1 saturated carbocycles. The molecular formula is C15H18N6S. The van der Waals surface area contributed by atoms with Crippen LogP contribution in [0.4, 0.5) is 5.82 Å². The molecule has 7 heteroatoms. The summed E-state index contributed by atoms with van der Waals surface area (Å²) in [7, 11) is 0. The van der Waals surface area contributed by atoms with E-state index in [2.05, 4.69) is 25.9 Å². The third-order valence-electron chi connectivity index (χ3n) is 4.22. The summed E-state index contributed by atoms with van der Waals surface area (Å²) >= 11 is 1.64. The van der Waals surface area contributed by atoms with Gasteiger partial charge in [-0.2, -0.15) is 16.4 Å². The van der Waals surface area contributed by atoms with Gasteiger partial charge in [-0.3, -0.25) is 5.10 Å². The topological polar surface area (TPSA) is 92.5 Å². The number of thiophene rings is 1. The summed E-state index contributed by atoms with van der Waals surface area (Å²) in [6.07, 6.45) is 6.29. The second kappa shape index (κ2) is 5.66. The molecule has 22 heavy (non-hydrogen) atoms. The molecular weight excluding hydrogens is 296 g/mol. The van der Waals surface area contributed by atoms with Crippen LogP contribution < -0.4 is 11.1 Å². The van der Waals surface area contributed by atoms with Crippen molar-refractivity contribution in [1.82, 2.24) is 20.2 Å². The largest absolute Gasteiger partial charge is 0.364 e. The van der Waals surface area contributed by atoms with Crippen molar-refractivity contribution < 1.29 is 0 Å². The molecule has 3 heterocycles. The molecule has 1 aliphatic rings. The lowest BCUT2D eigenvalue weighted by Crippen LogP contribution is -2.42. The normalized spacial score (nSPS) is 22.0. The molecule has 3 aromatic rings. The van der Waals surface area contributed by atoms with Gasteiger partial charge < -0.3 is 11.1 Å². The van der Waals surface area contributed by atoms with E-state index in [4.69, 9.17) is 10.7 Å². The Morgan fingerprint density at radius 3 is 3.00 bits per heavy atom. The highest BCUT2D eigenvalue weighted by Crippen LogP contribution is 2.27. The summed E-state index contributed by atoms with van der Waals surface area (Å²) in [5.74, 6) is 1.52. The van der Waals surface area contributed by atoms with E-state index < -0.39 is 0 Å². The fourth-order valence-electron chi connectivity index (χ4n) is 2.98. The van der Waals surface area contributed by atoms with Crippen LogP contribution in [0.2, 0.25) is 0 Å². The lowest BCUT2D eigenvalue weighted by atomic mass is 9.91. The summed E-state index contributed by atoms with van der Waals surface area (Å²) in [6.45, 7) is 0. The molecule has 0 amide bonds. The molecule has 114 valence electrons. The Labute approximate surface area is 132 Å². The first-order valence-corrected chi connectivity index (χ1v) is 8.51. The van der Waals surface area contributed by atoms with Crippen molar-refractivity contribution in [3.05, 3.63) is 23.0 Å². The smallest absolute Gasteiger partial charge is 0.163 e. The average Bonchev–Trinajstić information content (AvgIpc) is 3.20. The first-order valence-electron chi connectivity index (χ1n) is 7.57. The highest BCUT2D eigenvalue weighted by molar-refractivity contribution is 7.08. The highest BCUT2D eigenvalue weighted by Gasteiger charge is 2.23. The monoisotopic (exact) mass is 314 g/mol. The number of rotatable bonds is 3. The van der Waals surface area contributed by atoms with E-state index in [1.807, 2.05) is 11.4 Å². The van der Waals surface area contributed by atoms with Gasteiger partial charge in [0.05, 0.1) is 6.20 Å². The molecule has 0 spiro atoms. The highest BCUT2D eigenvalue weighted by atomic mass is 32.1. The van der Waals surface area contributed by atoms with Crippen molar-refractivity contribution in [3.63, 3.8) is 0 Å². The van der Waals surface area contributed by atoms with Gasteiger partial charge in [-0.05, 0) is 24.3 Å². The third kappa shape index (κ3) is 2.46. The predicted molar refractivity (Wildman–Crippen MR) is 88.9 cm³/mol. The van der Waals surface area contributed by atoms with E-state index in [1.165, 1.54) is 12.8 Å². The minimum atomic E-state index is 0.172. The molecule has 4 N–H and O–H groups in total. The van der Waals surface area contributed by atoms with Crippen molar-refractivity contribution in [2.24, 2.45) is 5.73 Å². The standard InChI is InChI=1S/C15H18N6S/c16-10-3-1-2-4-11(10)18-15-13-12(7-17-21-13)19-14(20-15)9-5-6-22-8-9/h5-8,10-11H,1-4,16H2,(H,17,21)(H,18,19,20). The number of hydrogen-bond donors (Lipinski definition) is 3. The van der Waals surface area contributed by atoms with Crippen molar-refractivity contribution in [2.75, 3.05) is 5.32 Å². The Morgan fingerprint density at radius 2 is 2.18 bits per heavy atom. The molecule has 0 saturated heterocycles. The van der Waals surface area contributed by atoms with Gasteiger partial charge in [0.1, 0.15) is 11.0 Å². The zero-order valence-corrected chi connectivity index (χ0v) is 12.9. The molecule has 4 rings (SSSR count). The summed E-state index contributed by atoms with van der Waals surface area (Å²) < 4.78 is 0. The summed E-state index contributed by atoms with van der Waals surface area (Å²) in [5.41, 5.74) is 8.95. The Bertz CT molecular complexity index is 766. The van der Waals surface area contributed by atoms with Gasteiger partial charge in [0.2, 0.25) is 0 Å². The van der Waals surface area contributed by atoms with Gasteiger partial charge in [0.25, 0.3) is 0 Å². The Hall–Kier alpha value is -1.99. The fourth-order valence-corrected chi connectivity index (χ4v) is 3.61. The second-order valence-corrected chi connectivity index (χ2v) is 6.52. The molecule has 0 bridgehead atoms. The number of fused-ring (bicyclic) bond motifs is 1. The van der Waals surface area contributed by atoms with Gasteiger partial charge in [-0.15, -0.1) is 0 Å². The number of aromatic amines is 1. The molecule has 0 aromatic carbocycles. The average molecular weight is 314 g/mol. The van der Waals surface area contributed by atoms with E-state index in [9.17, 15) is 0 Å². The third-order valence-corrected chi connectivity index (χ3v) is 4.90. The Morgan fingerprint density at radius 1 is 1.27 bits per heavy atom. The van der Waals surface area contributed by atoms with Gasteiger partial charge in [0.15, 0.2) is 11.6 Å².